The first-order valence-corrected chi connectivity index (χ1v) is 14.9. The van der Waals surface area contributed by atoms with Crippen LogP contribution in [0, 0.1) is 0 Å². The van der Waals surface area contributed by atoms with Crippen LogP contribution in [0.4, 0.5) is 5.69 Å². The number of thiazole rings is 1. The second-order valence-electron chi connectivity index (χ2n) is 9.67. The third kappa shape index (κ3) is 5.34. The molecule has 0 amide bonds. The summed E-state index contributed by atoms with van der Waals surface area (Å²) in [5, 5.41) is 0. The van der Waals surface area contributed by atoms with E-state index < -0.39 is 12.0 Å². The van der Waals surface area contributed by atoms with Crippen LogP contribution >= 0.6 is 27.3 Å². The number of ether oxygens (including phenoxy) is 3. The molecule has 2 aromatic carbocycles. The second kappa shape index (κ2) is 12.0. The number of aromatic nitrogens is 1. The zero-order valence-corrected chi connectivity index (χ0v) is 25.4. The predicted octanol–water partition coefficient (Wildman–Crippen LogP) is 4.57. The van der Waals surface area contributed by atoms with E-state index in [0.717, 1.165) is 18.7 Å². The Morgan fingerprint density at radius 1 is 1.10 bits per heavy atom. The number of esters is 1. The molecule has 0 spiro atoms. The van der Waals surface area contributed by atoms with Crippen molar-refractivity contribution < 1.29 is 19.0 Å². The Hall–Kier alpha value is -3.37. The number of halogens is 1. The highest BCUT2D eigenvalue weighted by atomic mass is 79.9. The Labute approximate surface area is 245 Å². The van der Waals surface area contributed by atoms with Gasteiger partial charge in [0.25, 0.3) is 5.56 Å². The second-order valence-corrected chi connectivity index (χ2v) is 11.5. The number of nitrogens with zero attached hydrogens (tertiary/aromatic N) is 3. The van der Waals surface area contributed by atoms with Gasteiger partial charge in [0.05, 0.1) is 42.7 Å². The molecule has 1 aromatic heterocycles. The lowest BCUT2D eigenvalue weighted by Crippen LogP contribution is -2.40. The first-order chi connectivity index (χ1) is 19.4. The van der Waals surface area contributed by atoms with Crippen molar-refractivity contribution in [2.24, 2.45) is 4.99 Å². The van der Waals surface area contributed by atoms with Crippen molar-refractivity contribution in [1.82, 2.24) is 4.57 Å². The molecule has 40 heavy (non-hydrogen) atoms. The molecule has 5 rings (SSSR count). The van der Waals surface area contributed by atoms with E-state index in [1.807, 2.05) is 18.2 Å². The smallest absolute Gasteiger partial charge is 0.338 e. The summed E-state index contributed by atoms with van der Waals surface area (Å²) in [5.41, 5.74) is 3.37. The highest BCUT2D eigenvalue weighted by Crippen LogP contribution is 2.40. The Balaban J connectivity index is 1.64. The largest absolute Gasteiger partial charge is 0.493 e. The van der Waals surface area contributed by atoms with Gasteiger partial charge in [0.15, 0.2) is 16.3 Å². The number of carbonyl (C=O) groups excluding carboxylic acids is 1. The zero-order chi connectivity index (χ0) is 28.4. The summed E-state index contributed by atoms with van der Waals surface area (Å²) in [6.07, 6.45) is 5.60. The number of methoxy groups -OCH3 is 2. The minimum Gasteiger partial charge on any atom is -0.493 e. The molecule has 0 saturated carbocycles. The van der Waals surface area contributed by atoms with Gasteiger partial charge in [0.1, 0.15) is 0 Å². The lowest BCUT2D eigenvalue weighted by Gasteiger charge is -2.28. The highest BCUT2D eigenvalue weighted by molar-refractivity contribution is 9.10. The Morgan fingerprint density at radius 3 is 2.42 bits per heavy atom. The minimum atomic E-state index is -0.770. The van der Waals surface area contributed by atoms with Crippen molar-refractivity contribution in [3.8, 4) is 11.5 Å². The molecular weight excluding hydrogens is 594 g/mol. The summed E-state index contributed by atoms with van der Waals surface area (Å²) in [6, 6.07) is 11.1. The van der Waals surface area contributed by atoms with E-state index in [0.29, 0.717) is 42.1 Å². The zero-order valence-electron chi connectivity index (χ0n) is 23.0. The van der Waals surface area contributed by atoms with Gasteiger partial charge in [0, 0.05) is 23.2 Å². The van der Waals surface area contributed by atoms with E-state index in [1.54, 1.807) is 44.8 Å². The number of anilines is 1. The molecule has 3 aromatic rings. The molecule has 8 nitrogen and oxygen atoms in total. The van der Waals surface area contributed by atoms with Crippen LogP contribution in [-0.4, -0.2) is 44.5 Å². The predicted molar refractivity (Wildman–Crippen MR) is 160 cm³/mol. The molecule has 0 N–H and O–H groups in total. The fraction of sp³-hybridized carbons (Fsp3) is 0.367. The Kier molecular flexibility index (Phi) is 8.46. The standard InChI is InChI=1S/C30H32BrN3O5S/c1-5-39-29(36)26-18(2)32-30-34(27(26)21-16-23(37-3)24(38-4)17-22(21)31)28(35)25(40-30)15-19-9-11-20(12-10-19)33-13-7-6-8-14-33/h9-12,15-17,27H,5-8,13-14H2,1-4H3/b25-15+/t27-/m1/s1. The van der Waals surface area contributed by atoms with Gasteiger partial charge in [-0.15, -0.1) is 0 Å². The van der Waals surface area contributed by atoms with E-state index in [1.165, 1.54) is 36.3 Å². The summed E-state index contributed by atoms with van der Waals surface area (Å²) in [7, 11) is 3.10. The summed E-state index contributed by atoms with van der Waals surface area (Å²) in [6.45, 7) is 5.87. The molecule has 0 radical (unpaired) electrons. The average Bonchev–Trinajstić information content (AvgIpc) is 3.27. The summed E-state index contributed by atoms with van der Waals surface area (Å²) >= 11 is 4.94. The van der Waals surface area contributed by atoms with Gasteiger partial charge in [-0.1, -0.05) is 39.4 Å². The number of fused-ring (bicyclic) bond motifs is 1. The molecule has 1 saturated heterocycles. The minimum absolute atomic E-state index is 0.202. The molecule has 210 valence electrons. The van der Waals surface area contributed by atoms with Gasteiger partial charge < -0.3 is 19.1 Å². The van der Waals surface area contributed by atoms with Crippen LogP contribution in [0.2, 0.25) is 0 Å². The lowest BCUT2D eigenvalue weighted by molar-refractivity contribution is -0.139. The fourth-order valence-corrected chi connectivity index (χ4v) is 6.84. The molecule has 2 aliphatic heterocycles. The van der Waals surface area contributed by atoms with E-state index in [-0.39, 0.29) is 12.2 Å². The number of hydrogen-bond donors (Lipinski definition) is 0. The lowest BCUT2D eigenvalue weighted by atomic mass is 9.95. The van der Waals surface area contributed by atoms with Crippen molar-refractivity contribution in [2.75, 3.05) is 38.8 Å². The van der Waals surface area contributed by atoms with Crippen molar-refractivity contribution in [2.45, 2.75) is 39.2 Å². The quantitative estimate of drug-likeness (QED) is 0.358. The summed E-state index contributed by atoms with van der Waals surface area (Å²) in [5.74, 6) is 0.490. The van der Waals surface area contributed by atoms with E-state index in [2.05, 4.69) is 38.0 Å². The molecule has 1 fully saturated rings. The fourth-order valence-electron chi connectivity index (χ4n) is 5.25. The normalized spacial score (nSPS) is 17.4. The maximum atomic E-state index is 14.0. The van der Waals surface area contributed by atoms with Crippen LogP contribution in [0.3, 0.4) is 0 Å². The van der Waals surface area contributed by atoms with E-state index in [9.17, 15) is 9.59 Å². The Bertz CT molecular complexity index is 1640. The topological polar surface area (TPSA) is 82.4 Å². The number of carbonyl (C=O) groups is 1. The van der Waals surface area contributed by atoms with Crippen LogP contribution in [0.5, 0.6) is 11.5 Å². The van der Waals surface area contributed by atoms with Crippen LogP contribution in [-0.2, 0) is 9.53 Å². The summed E-state index contributed by atoms with van der Waals surface area (Å²) < 4.78 is 19.2. The number of benzene rings is 2. The molecule has 2 aliphatic rings. The SMILES string of the molecule is CCOC(=O)C1=C(C)N=c2s/c(=C/c3ccc(N4CCCCC4)cc3)c(=O)n2[C@@H]1c1cc(OC)c(OC)cc1Br. The van der Waals surface area contributed by atoms with Gasteiger partial charge >= 0.3 is 5.97 Å². The summed E-state index contributed by atoms with van der Waals surface area (Å²) in [4.78, 5) is 34.8. The molecule has 0 unspecified atom stereocenters. The van der Waals surface area contributed by atoms with Gasteiger partial charge in [-0.25, -0.2) is 9.79 Å². The van der Waals surface area contributed by atoms with Crippen molar-refractivity contribution >= 4 is 45.0 Å². The molecule has 10 heteroatoms. The van der Waals surface area contributed by atoms with Crippen LogP contribution < -0.4 is 29.3 Å². The number of rotatable bonds is 7. The molecule has 1 atom stereocenters. The van der Waals surface area contributed by atoms with Crippen molar-refractivity contribution in [3.05, 3.63) is 83.0 Å². The van der Waals surface area contributed by atoms with Gasteiger partial charge in [-0.2, -0.15) is 0 Å². The van der Waals surface area contributed by atoms with Gasteiger partial charge in [-0.3, -0.25) is 9.36 Å². The first-order valence-electron chi connectivity index (χ1n) is 13.3. The van der Waals surface area contributed by atoms with Gasteiger partial charge in [-0.05, 0) is 74.6 Å². The van der Waals surface area contributed by atoms with Gasteiger partial charge in [0.2, 0.25) is 0 Å². The maximum Gasteiger partial charge on any atom is 0.338 e. The molecule has 0 bridgehead atoms. The molecular formula is C30H32BrN3O5S. The Morgan fingerprint density at radius 2 is 1.77 bits per heavy atom. The van der Waals surface area contributed by atoms with Crippen LogP contribution in [0.25, 0.3) is 6.08 Å². The van der Waals surface area contributed by atoms with Crippen LogP contribution in [0.1, 0.15) is 50.3 Å². The van der Waals surface area contributed by atoms with Crippen molar-refractivity contribution in [1.29, 1.82) is 0 Å². The third-order valence-electron chi connectivity index (χ3n) is 7.23. The third-order valence-corrected chi connectivity index (χ3v) is 8.90. The molecule has 3 heterocycles. The monoisotopic (exact) mass is 625 g/mol. The van der Waals surface area contributed by atoms with Crippen molar-refractivity contribution in [3.63, 3.8) is 0 Å². The highest BCUT2D eigenvalue weighted by Gasteiger charge is 2.35. The average molecular weight is 627 g/mol. The maximum absolute atomic E-state index is 14.0. The number of hydrogen-bond acceptors (Lipinski definition) is 8. The molecule has 0 aliphatic carbocycles. The van der Waals surface area contributed by atoms with E-state index >= 15 is 0 Å². The first kappa shape index (κ1) is 28.2. The number of allylic oxidation sites excluding steroid dienone is 1. The number of piperidine rings is 1. The van der Waals surface area contributed by atoms with Crippen LogP contribution in [0.15, 0.2) is 61.9 Å². The van der Waals surface area contributed by atoms with E-state index in [4.69, 9.17) is 14.2 Å².